The Labute approximate surface area is 529 Å². The molecule has 0 spiro atoms. The van der Waals surface area contributed by atoms with E-state index in [-0.39, 0.29) is 0 Å². The van der Waals surface area contributed by atoms with Crippen LogP contribution in [0.15, 0.2) is 220 Å². The molecule has 18 rings (SSSR count). The summed E-state index contributed by atoms with van der Waals surface area (Å²) < 4.78 is 12.7. The lowest BCUT2D eigenvalue weighted by Crippen LogP contribution is -2.08. The third-order valence-corrected chi connectivity index (χ3v) is 15.5. The maximum Gasteiger partial charge on any atom is 0.192 e. The zero-order chi connectivity index (χ0) is 62.8. The Morgan fingerprint density at radius 3 is 1.96 bits per heavy atom. The smallest absolute Gasteiger partial charge is 0.192 e. The number of imidazole rings is 2. The summed E-state index contributed by atoms with van der Waals surface area (Å²) in [5.74, 6) is 2.91. The third kappa shape index (κ3) is 17.5. The van der Waals surface area contributed by atoms with Crippen molar-refractivity contribution in [3.05, 3.63) is 257 Å². The minimum Gasteiger partial charge on any atom is -0.441 e. The van der Waals surface area contributed by atoms with Gasteiger partial charge >= 0.3 is 0 Å². The number of aromatic nitrogens is 11. The Hall–Kier alpha value is -10.3. The van der Waals surface area contributed by atoms with E-state index in [4.69, 9.17) is 4.42 Å². The highest BCUT2D eigenvalue weighted by molar-refractivity contribution is 7.18. The minimum atomic E-state index is 0.723. The molecule has 5 aliphatic rings. The average Bonchev–Trinajstić information content (AvgIpc) is 4.49. The topological polar surface area (TPSA) is 179 Å². The largest absolute Gasteiger partial charge is 0.441 e. The molecule has 0 saturated heterocycles. The van der Waals surface area contributed by atoms with Gasteiger partial charge in [-0.1, -0.05) is 66.7 Å². The molecule has 0 saturated carbocycles. The van der Waals surface area contributed by atoms with Gasteiger partial charge in [-0.25, -0.2) is 34.4 Å². The number of oxazole rings is 1. The van der Waals surface area contributed by atoms with Crippen molar-refractivity contribution in [3.63, 3.8) is 0 Å². The number of rotatable bonds is 0. The van der Waals surface area contributed by atoms with Crippen molar-refractivity contribution in [2.24, 2.45) is 20.0 Å². The van der Waals surface area contributed by atoms with E-state index in [2.05, 4.69) is 127 Å². The monoisotopic (exact) mass is 1210 g/mol. The van der Waals surface area contributed by atoms with Crippen molar-refractivity contribution in [1.82, 2.24) is 53.5 Å². The van der Waals surface area contributed by atoms with Crippen LogP contribution in [0.1, 0.15) is 102 Å². The first-order valence-corrected chi connectivity index (χ1v) is 31.1. The van der Waals surface area contributed by atoms with E-state index in [0.717, 1.165) is 116 Å². The van der Waals surface area contributed by atoms with Gasteiger partial charge in [0.05, 0.1) is 73.3 Å². The number of hydrogen-bond donors (Lipinski definition) is 0. The van der Waals surface area contributed by atoms with Crippen molar-refractivity contribution in [1.29, 1.82) is 0 Å². The van der Waals surface area contributed by atoms with Gasteiger partial charge in [-0.3, -0.25) is 24.9 Å². The molecule has 3 aromatic carbocycles. The second-order valence-electron chi connectivity index (χ2n) is 22.2. The summed E-state index contributed by atoms with van der Waals surface area (Å²) in [4.78, 5) is 46.7. The fourth-order valence-electron chi connectivity index (χ4n) is 10.5. The van der Waals surface area contributed by atoms with Crippen molar-refractivity contribution in [2.45, 2.75) is 114 Å². The number of thiazole rings is 1. The summed E-state index contributed by atoms with van der Waals surface area (Å²) in [5, 5.41) is 5.37. The van der Waals surface area contributed by atoms with Crippen LogP contribution in [0.2, 0.25) is 0 Å². The fraction of sp³-hybridized carbons (Fsp3) is 0.233. The molecule has 10 aromatic heterocycles. The number of nitrogens with zero attached hydrogens (tertiary/aromatic N) is 15. The number of benzene rings is 3. The lowest BCUT2D eigenvalue weighted by molar-refractivity contribution is 0.522. The first-order chi connectivity index (χ1) is 43.8. The Morgan fingerprint density at radius 1 is 0.522 bits per heavy atom. The van der Waals surface area contributed by atoms with Crippen LogP contribution in [0, 0.1) is 34.6 Å². The summed E-state index contributed by atoms with van der Waals surface area (Å²) in [6, 6.07) is 48.3. The molecule has 90 heavy (non-hydrogen) atoms. The van der Waals surface area contributed by atoms with Gasteiger partial charge < -0.3 is 13.4 Å². The molecular weight excluding hydrogens is 1130 g/mol. The van der Waals surface area contributed by atoms with Gasteiger partial charge in [0, 0.05) is 111 Å². The molecule has 0 aliphatic carbocycles. The summed E-state index contributed by atoms with van der Waals surface area (Å²) in [6.07, 6.45) is 22.1. The average molecular weight is 1210 g/mol. The molecule has 0 fully saturated rings. The molecule has 15 heterocycles. The van der Waals surface area contributed by atoms with Crippen LogP contribution in [0.25, 0.3) is 32.5 Å². The Balaban J connectivity index is 0.000000111. The molecule has 0 bridgehead atoms. The maximum atomic E-state index is 5.26. The van der Waals surface area contributed by atoms with Gasteiger partial charge in [0.2, 0.25) is 0 Å². The lowest BCUT2D eigenvalue weighted by Gasteiger charge is -2.11. The number of para-hydroxylation sites is 4. The number of hydrogen-bond acceptors (Lipinski definition) is 14. The van der Waals surface area contributed by atoms with Crippen molar-refractivity contribution in [2.75, 3.05) is 0 Å². The van der Waals surface area contributed by atoms with Crippen LogP contribution in [0.4, 0.5) is 17.2 Å². The van der Waals surface area contributed by atoms with Crippen LogP contribution in [-0.2, 0) is 38.8 Å². The van der Waals surface area contributed by atoms with Crippen molar-refractivity contribution < 1.29 is 4.42 Å². The van der Waals surface area contributed by atoms with Crippen LogP contribution in [0.5, 0.6) is 0 Å². The molecule has 0 N–H and O–H groups in total. The molecule has 16 nitrogen and oxygen atoms in total. The minimum absolute atomic E-state index is 0.723. The highest BCUT2D eigenvalue weighted by Gasteiger charge is 2.13. The molecule has 17 heteroatoms. The summed E-state index contributed by atoms with van der Waals surface area (Å²) in [6.45, 7) is 20.1. The second kappa shape index (κ2) is 30.6. The van der Waals surface area contributed by atoms with E-state index in [1.54, 1.807) is 17.5 Å². The molecule has 13 aromatic rings. The lowest BCUT2D eigenvalue weighted by atomic mass is 10.1. The molecule has 454 valence electrons. The molecular formula is C73H75N15OS. The maximum absolute atomic E-state index is 5.26. The first kappa shape index (κ1) is 62.8. The number of fused-ring (bicyclic) bond motifs is 9. The van der Waals surface area contributed by atoms with E-state index in [0.29, 0.717) is 0 Å². The molecule has 0 amide bonds. The van der Waals surface area contributed by atoms with Crippen molar-refractivity contribution >= 4 is 83.9 Å². The van der Waals surface area contributed by atoms with Crippen molar-refractivity contribution in [3.8, 4) is 0 Å². The van der Waals surface area contributed by atoms with Gasteiger partial charge in [-0.15, -0.1) is 11.3 Å². The molecule has 0 unspecified atom stereocenters. The van der Waals surface area contributed by atoms with Gasteiger partial charge in [0.25, 0.3) is 0 Å². The zero-order valence-corrected chi connectivity index (χ0v) is 53.5. The predicted molar refractivity (Wildman–Crippen MR) is 367 cm³/mol. The van der Waals surface area contributed by atoms with E-state index < -0.39 is 0 Å². The second-order valence-corrected chi connectivity index (χ2v) is 23.4. The fourth-order valence-corrected chi connectivity index (χ4v) is 11.3. The normalized spacial score (nSPS) is 13.1. The van der Waals surface area contributed by atoms with E-state index in [1.807, 2.05) is 198 Å². The Morgan fingerprint density at radius 2 is 1.20 bits per heavy atom. The SMILES string of the molecule is CC1=NCc2cccnc21.CC1=Nc2ccccc2C1.CC1=Nc2cnccc2C1.CC1=Nc2ncccc2C1.Cc1cc2ccccn2n1.Cc1cn2c(n1)CCCC2.Cc1cn2ccccc2n1.Cc1nc2ccccc2o1.Cc1nc2ccccc2s1. The molecule has 0 atom stereocenters. The van der Waals surface area contributed by atoms with Crippen LogP contribution >= 0.6 is 11.3 Å². The van der Waals surface area contributed by atoms with Crippen LogP contribution < -0.4 is 0 Å². The van der Waals surface area contributed by atoms with E-state index >= 15 is 0 Å². The molecule has 5 aliphatic heterocycles. The zero-order valence-electron chi connectivity index (χ0n) is 52.7. The standard InChI is InChI=1S/C9H9N.3C8H8N2.C8H12N2.2C8H8N2.C8H7NO.C8H7NS/c1-7-6-8-4-2-3-5-9(8)10-7;1-6-4-7-2-3-9-5-8(7)10-6;1-6-8-7(5-10-6)3-2-4-9-8;1-6-5-7-3-2-4-9-8(7)10-6;2*1-7-6-10-5-3-2-4-8(10)9-7;1-7-6-8-4-2-3-5-10(8)9-7;2*1-6-9-7-4-2-3-5-8(7)10-6/h2-5H,6H2,1H3;2-3,5H,4H2,1H3;2*2-4H,5H2,1H3;6H,2-5H2,1H3;2*2-6H,1H3;2*2-5H,1H3. The summed E-state index contributed by atoms with van der Waals surface area (Å²) in [5.41, 5.74) is 21.4. The predicted octanol–water partition coefficient (Wildman–Crippen LogP) is 16.8. The number of aliphatic imine (C=N–C) groups is 4. The number of pyridine rings is 5. The van der Waals surface area contributed by atoms with Gasteiger partial charge in [-0.05, 0) is 158 Å². The first-order valence-electron chi connectivity index (χ1n) is 30.3. The highest BCUT2D eigenvalue weighted by atomic mass is 32.1. The Kier molecular flexibility index (Phi) is 21.3. The van der Waals surface area contributed by atoms with Gasteiger partial charge in [-0.2, -0.15) is 5.10 Å². The molecule has 0 radical (unpaired) electrons. The van der Waals surface area contributed by atoms with E-state index in [1.165, 1.54) is 70.0 Å². The van der Waals surface area contributed by atoms with Crippen LogP contribution in [-0.4, -0.2) is 76.3 Å². The van der Waals surface area contributed by atoms with Gasteiger partial charge in [0.15, 0.2) is 17.3 Å². The summed E-state index contributed by atoms with van der Waals surface area (Å²) >= 11 is 1.74. The highest BCUT2D eigenvalue weighted by Crippen LogP contribution is 2.27. The van der Waals surface area contributed by atoms with E-state index in [9.17, 15) is 0 Å². The Bertz CT molecular complexity index is 4060. The summed E-state index contributed by atoms with van der Waals surface area (Å²) in [7, 11) is 0. The number of aryl methyl sites for hydroxylation is 7. The third-order valence-electron chi connectivity index (χ3n) is 14.5. The quantitative estimate of drug-likeness (QED) is 0.143. The van der Waals surface area contributed by atoms with Gasteiger partial charge in [0.1, 0.15) is 17.0 Å². The van der Waals surface area contributed by atoms with Crippen LogP contribution in [0.3, 0.4) is 0 Å².